The van der Waals surface area contributed by atoms with Crippen LogP contribution in [0.25, 0.3) is 16.7 Å². The Labute approximate surface area is 144 Å². The summed E-state index contributed by atoms with van der Waals surface area (Å²) in [5.74, 6) is 0.611. The quantitative estimate of drug-likeness (QED) is 0.547. The average molecular weight is 312 g/mol. The highest BCUT2D eigenvalue weighted by Crippen LogP contribution is 2.48. The van der Waals surface area contributed by atoms with Crippen molar-refractivity contribution in [3.05, 3.63) is 75.9 Å². The zero-order valence-corrected chi connectivity index (χ0v) is 14.7. The van der Waals surface area contributed by atoms with Crippen LogP contribution in [0.2, 0.25) is 0 Å². The van der Waals surface area contributed by atoms with Gasteiger partial charge in [0.2, 0.25) is 0 Å². The van der Waals surface area contributed by atoms with Crippen molar-refractivity contribution in [1.82, 2.24) is 0 Å². The van der Waals surface area contributed by atoms with Gasteiger partial charge in [0.1, 0.15) is 0 Å². The molecule has 2 aromatic rings. The fourth-order valence-electron chi connectivity index (χ4n) is 4.97. The average Bonchev–Trinajstić information content (AvgIpc) is 3.14. The lowest BCUT2D eigenvalue weighted by Crippen LogP contribution is -2.16. The maximum Gasteiger partial charge on any atom is 0.00273 e. The smallest absolute Gasteiger partial charge is 0.00273 e. The van der Waals surface area contributed by atoms with E-state index in [0.717, 1.165) is 12.8 Å². The fraction of sp³-hybridized carbons (Fsp3) is 0.333. The number of fused-ring (bicyclic) bond motifs is 5. The second-order valence-corrected chi connectivity index (χ2v) is 7.41. The Morgan fingerprint density at radius 1 is 0.917 bits per heavy atom. The maximum absolute atomic E-state index is 2.54. The summed E-state index contributed by atoms with van der Waals surface area (Å²) in [6.45, 7) is 4.62. The van der Waals surface area contributed by atoms with Gasteiger partial charge < -0.3 is 0 Å². The molecule has 0 amide bonds. The molecular weight excluding hydrogens is 288 g/mol. The van der Waals surface area contributed by atoms with Crippen molar-refractivity contribution in [2.24, 2.45) is 5.92 Å². The molecule has 0 bridgehead atoms. The van der Waals surface area contributed by atoms with Crippen LogP contribution in [0.1, 0.15) is 54.5 Å². The molecule has 24 heavy (non-hydrogen) atoms. The molecule has 0 nitrogen and oxygen atoms in total. The van der Waals surface area contributed by atoms with E-state index in [1.165, 1.54) is 36.0 Å². The van der Waals surface area contributed by atoms with Crippen molar-refractivity contribution >= 4 is 5.57 Å². The van der Waals surface area contributed by atoms with Crippen molar-refractivity contribution in [2.45, 2.75) is 46.0 Å². The van der Waals surface area contributed by atoms with Crippen LogP contribution in [-0.2, 0) is 19.3 Å². The molecule has 0 fully saturated rings. The third kappa shape index (κ3) is 1.80. The van der Waals surface area contributed by atoms with Gasteiger partial charge in [-0.1, -0.05) is 50.3 Å². The highest BCUT2D eigenvalue weighted by molar-refractivity contribution is 5.87. The molecule has 5 rings (SSSR count). The minimum Gasteiger partial charge on any atom is -0.0767 e. The normalized spacial score (nSPS) is 20.0. The minimum atomic E-state index is 0.611. The van der Waals surface area contributed by atoms with E-state index >= 15 is 0 Å². The van der Waals surface area contributed by atoms with Crippen molar-refractivity contribution in [3.8, 4) is 11.1 Å². The Balaban J connectivity index is 1.75. The number of benzene rings is 2. The zero-order valence-electron chi connectivity index (χ0n) is 14.7. The highest BCUT2D eigenvalue weighted by Gasteiger charge is 2.32. The monoisotopic (exact) mass is 312 g/mol. The Hall–Kier alpha value is -2.08. The molecule has 0 heteroatoms. The number of rotatable bonds is 3. The molecule has 0 spiro atoms. The van der Waals surface area contributed by atoms with Gasteiger partial charge in [0.15, 0.2) is 0 Å². The third-order valence-corrected chi connectivity index (χ3v) is 6.32. The first-order valence-corrected chi connectivity index (χ1v) is 9.49. The molecular formula is C24H24. The number of allylic oxidation sites excluding steroid dienone is 4. The first-order valence-electron chi connectivity index (χ1n) is 9.49. The summed E-state index contributed by atoms with van der Waals surface area (Å²) in [5.41, 5.74) is 14.2. The second kappa shape index (κ2) is 5.21. The largest absolute Gasteiger partial charge is 0.0767 e. The second-order valence-electron chi connectivity index (χ2n) is 7.41. The van der Waals surface area contributed by atoms with Crippen molar-refractivity contribution in [2.75, 3.05) is 0 Å². The lowest BCUT2D eigenvalue weighted by Gasteiger charge is -2.29. The standard InChI is InChI=1S/C24H24/c1-3-15-9-10-16(4-2)24(15)23-14-22-18-8-6-5-7-17(18)13-21(22)19-11-12-20(19)23/h5-10,14-15H,3-4,11-13H2,1-2H3. The predicted octanol–water partition coefficient (Wildman–Crippen LogP) is 6.12. The van der Waals surface area contributed by atoms with E-state index in [1.807, 2.05) is 0 Å². The summed E-state index contributed by atoms with van der Waals surface area (Å²) in [4.78, 5) is 0. The van der Waals surface area contributed by atoms with Crippen LogP contribution in [0.5, 0.6) is 0 Å². The van der Waals surface area contributed by atoms with Crippen molar-refractivity contribution in [3.63, 3.8) is 0 Å². The Morgan fingerprint density at radius 2 is 1.75 bits per heavy atom. The summed E-state index contributed by atoms with van der Waals surface area (Å²) in [7, 11) is 0. The fourth-order valence-corrected chi connectivity index (χ4v) is 4.97. The number of hydrogen-bond donors (Lipinski definition) is 0. The molecule has 2 aromatic carbocycles. The summed E-state index contributed by atoms with van der Waals surface area (Å²) in [6, 6.07) is 11.5. The summed E-state index contributed by atoms with van der Waals surface area (Å²) in [5, 5.41) is 0. The van der Waals surface area contributed by atoms with Crippen LogP contribution < -0.4 is 0 Å². The first-order chi connectivity index (χ1) is 11.8. The maximum atomic E-state index is 2.54. The summed E-state index contributed by atoms with van der Waals surface area (Å²) >= 11 is 0. The van der Waals surface area contributed by atoms with Gasteiger partial charge >= 0.3 is 0 Å². The van der Waals surface area contributed by atoms with E-state index in [0.29, 0.717) is 5.92 Å². The van der Waals surface area contributed by atoms with E-state index in [1.54, 1.807) is 33.4 Å². The van der Waals surface area contributed by atoms with Crippen LogP contribution in [-0.4, -0.2) is 0 Å². The van der Waals surface area contributed by atoms with E-state index in [2.05, 4.69) is 56.3 Å². The zero-order chi connectivity index (χ0) is 16.3. The molecule has 3 aliphatic rings. The molecule has 0 aliphatic heterocycles. The molecule has 120 valence electrons. The van der Waals surface area contributed by atoms with Gasteiger partial charge in [-0.2, -0.15) is 0 Å². The van der Waals surface area contributed by atoms with Gasteiger partial charge in [-0.25, -0.2) is 0 Å². The van der Waals surface area contributed by atoms with Crippen LogP contribution in [0, 0.1) is 5.92 Å². The molecule has 1 unspecified atom stereocenters. The molecule has 0 saturated carbocycles. The van der Waals surface area contributed by atoms with E-state index < -0.39 is 0 Å². The first kappa shape index (κ1) is 14.3. The van der Waals surface area contributed by atoms with Crippen molar-refractivity contribution < 1.29 is 0 Å². The summed E-state index contributed by atoms with van der Waals surface area (Å²) in [6.07, 6.45) is 10.9. The SMILES string of the molecule is CCC1=C(c2cc3c(c4c2CC4)Cc2ccccc2-3)C(CC)C=C1. The summed E-state index contributed by atoms with van der Waals surface area (Å²) < 4.78 is 0. The highest BCUT2D eigenvalue weighted by atomic mass is 14.4. The predicted molar refractivity (Wildman–Crippen MR) is 102 cm³/mol. The molecule has 0 radical (unpaired) electrons. The molecule has 0 heterocycles. The Morgan fingerprint density at radius 3 is 2.50 bits per heavy atom. The van der Waals surface area contributed by atoms with Gasteiger partial charge in [-0.15, -0.1) is 0 Å². The molecule has 1 atom stereocenters. The minimum absolute atomic E-state index is 0.611. The van der Waals surface area contributed by atoms with Gasteiger partial charge in [-0.05, 0) is 88.3 Å². The van der Waals surface area contributed by atoms with Gasteiger partial charge in [0, 0.05) is 5.92 Å². The van der Waals surface area contributed by atoms with Crippen LogP contribution >= 0.6 is 0 Å². The van der Waals surface area contributed by atoms with Crippen LogP contribution in [0.15, 0.2) is 48.1 Å². The van der Waals surface area contributed by atoms with Crippen LogP contribution in [0.4, 0.5) is 0 Å². The molecule has 0 N–H and O–H groups in total. The molecule has 0 saturated heterocycles. The topological polar surface area (TPSA) is 0 Å². The number of hydrogen-bond acceptors (Lipinski definition) is 0. The van der Waals surface area contributed by atoms with E-state index in [9.17, 15) is 0 Å². The van der Waals surface area contributed by atoms with Gasteiger partial charge in [0.25, 0.3) is 0 Å². The van der Waals surface area contributed by atoms with E-state index in [4.69, 9.17) is 0 Å². The Kier molecular flexibility index (Phi) is 3.10. The van der Waals surface area contributed by atoms with Crippen LogP contribution in [0.3, 0.4) is 0 Å². The Bertz CT molecular complexity index is 908. The lowest BCUT2D eigenvalue weighted by molar-refractivity contribution is 0.781. The molecule has 3 aliphatic carbocycles. The van der Waals surface area contributed by atoms with Gasteiger partial charge in [-0.3, -0.25) is 0 Å². The molecule has 0 aromatic heterocycles. The van der Waals surface area contributed by atoms with Crippen molar-refractivity contribution in [1.29, 1.82) is 0 Å². The van der Waals surface area contributed by atoms with E-state index in [-0.39, 0.29) is 0 Å². The third-order valence-electron chi connectivity index (χ3n) is 6.32. The van der Waals surface area contributed by atoms with Gasteiger partial charge in [0.05, 0.1) is 0 Å². The lowest BCUT2D eigenvalue weighted by atomic mass is 9.75.